The standard InChI is InChI=1S/C11H13Cl2N5/c12-9-3-2-8(10(13)7-9)6-11-15-16-17-18(11)5-1-4-14/h2-3,7H,1,4-6,14H2. The van der Waals surface area contributed by atoms with Gasteiger partial charge in [-0.25, -0.2) is 4.68 Å². The minimum atomic E-state index is 0.577. The Labute approximate surface area is 115 Å². The smallest absolute Gasteiger partial charge is 0.155 e. The predicted octanol–water partition coefficient (Wildman–Crippen LogP) is 1.92. The van der Waals surface area contributed by atoms with E-state index in [1.807, 2.05) is 6.07 Å². The van der Waals surface area contributed by atoms with Gasteiger partial charge in [0.2, 0.25) is 0 Å². The second kappa shape index (κ2) is 6.13. The van der Waals surface area contributed by atoms with Gasteiger partial charge >= 0.3 is 0 Å². The summed E-state index contributed by atoms with van der Waals surface area (Å²) >= 11 is 12.0. The number of benzene rings is 1. The van der Waals surface area contributed by atoms with Gasteiger partial charge in [0.25, 0.3) is 0 Å². The molecule has 0 saturated carbocycles. The molecule has 96 valence electrons. The van der Waals surface area contributed by atoms with Crippen LogP contribution in [0.4, 0.5) is 0 Å². The van der Waals surface area contributed by atoms with Crippen LogP contribution in [0.3, 0.4) is 0 Å². The van der Waals surface area contributed by atoms with Crippen LogP contribution < -0.4 is 5.73 Å². The van der Waals surface area contributed by atoms with Crippen molar-refractivity contribution in [2.24, 2.45) is 5.73 Å². The number of hydrogen-bond acceptors (Lipinski definition) is 4. The Morgan fingerprint density at radius 1 is 1.28 bits per heavy atom. The number of aromatic nitrogens is 4. The summed E-state index contributed by atoms with van der Waals surface area (Å²) in [7, 11) is 0. The van der Waals surface area contributed by atoms with Gasteiger partial charge in [-0.1, -0.05) is 29.3 Å². The molecule has 1 heterocycles. The van der Waals surface area contributed by atoms with E-state index in [2.05, 4.69) is 15.5 Å². The fourth-order valence-corrected chi connectivity index (χ4v) is 2.08. The third kappa shape index (κ3) is 3.19. The van der Waals surface area contributed by atoms with Gasteiger partial charge in [-0.05, 0) is 41.1 Å². The zero-order valence-corrected chi connectivity index (χ0v) is 11.2. The van der Waals surface area contributed by atoms with E-state index in [1.165, 1.54) is 0 Å². The van der Waals surface area contributed by atoms with Gasteiger partial charge in [-0.15, -0.1) is 5.10 Å². The van der Waals surface area contributed by atoms with E-state index in [1.54, 1.807) is 16.8 Å². The topological polar surface area (TPSA) is 69.6 Å². The van der Waals surface area contributed by atoms with Crippen LogP contribution in [0.15, 0.2) is 18.2 Å². The number of halogens is 2. The average molecular weight is 286 g/mol. The Morgan fingerprint density at radius 2 is 2.11 bits per heavy atom. The summed E-state index contributed by atoms with van der Waals surface area (Å²) < 4.78 is 1.75. The molecule has 0 aliphatic heterocycles. The molecule has 0 unspecified atom stereocenters. The molecule has 0 amide bonds. The van der Waals surface area contributed by atoms with Crippen LogP contribution in [-0.4, -0.2) is 26.8 Å². The highest BCUT2D eigenvalue weighted by atomic mass is 35.5. The van der Waals surface area contributed by atoms with Crippen LogP contribution in [0, 0.1) is 0 Å². The maximum Gasteiger partial charge on any atom is 0.155 e. The van der Waals surface area contributed by atoms with Gasteiger partial charge in [0.15, 0.2) is 5.82 Å². The molecule has 0 atom stereocenters. The first-order valence-corrected chi connectivity index (χ1v) is 6.35. The zero-order valence-electron chi connectivity index (χ0n) is 9.68. The van der Waals surface area contributed by atoms with Gasteiger partial charge < -0.3 is 5.73 Å². The molecule has 18 heavy (non-hydrogen) atoms. The van der Waals surface area contributed by atoms with Gasteiger partial charge in [-0.3, -0.25) is 0 Å². The fraction of sp³-hybridized carbons (Fsp3) is 0.364. The summed E-state index contributed by atoms with van der Waals surface area (Å²) in [6, 6.07) is 5.40. The van der Waals surface area contributed by atoms with E-state index >= 15 is 0 Å². The monoisotopic (exact) mass is 285 g/mol. The number of tetrazole rings is 1. The maximum atomic E-state index is 6.12. The van der Waals surface area contributed by atoms with E-state index in [-0.39, 0.29) is 0 Å². The lowest BCUT2D eigenvalue weighted by molar-refractivity contribution is 0.547. The fourth-order valence-electron chi connectivity index (χ4n) is 1.60. The Morgan fingerprint density at radius 3 is 2.83 bits per heavy atom. The van der Waals surface area contributed by atoms with E-state index in [0.717, 1.165) is 17.8 Å². The molecular formula is C11H13Cl2N5. The van der Waals surface area contributed by atoms with Crippen LogP contribution in [0.1, 0.15) is 17.8 Å². The summed E-state index contributed by atoms with van der Waals surface area (Å²) in [5, 5.41) is 12.8. The van der Waals surface area contributed by atoms with Crippen molar-refractivity contribution in [1.29, 1.82) is 0 Å². The van der Waals surface area contributed by atoms with Crippen molar-refractivity contribution >= 4 is 23.2 Å². The second-order valence-electron chi connectivity index (χ2n) is 3.87. The maximum absolute atomic E-state index is 6.12. The first-order valence-electron chi connectivity index (χ1n) is 5.59. The molecule has 0 spiro atoms. The van der Waals surface area contributed by atoms with Crippen molar-refractivity contribution in [1.82, 2.24) is 20.2 Å². The first-order chi connectivity index (χ1) is 8.70. The Kier molecular flexibility index (Phi) is 4.52. The quantitative estimate of drug-likeness (QED) is 0.911. The lowest BCUT2D eigenvalue weighted by Crippen LogP contribution is -2.10. The Bertz CT molecular complexity index is 526. The summed E-state index contributed by atoms with van der Waals surface area (Å²) in [5.74, 6) is 0.771. The first kappa shape index (κ1) is 13.3. The predicted molar refractivity (Wildman–Crippen MR) is 70.8 cm³/mol. The highest BCUT2D eigenvalue weighted by molar-refractivity contribution is 6.35. The van der Waals surface area contributed by atoms with Crippen molar-refractivity contribution < 1.29 is 0 Å². The summed E-state index contributed by atoms with van der Waals surface area (Å²) in [6.07, 6.45) is 1.42. The van der Waals surface area contributed by atoms with E-state index < -0.39 is 0 Å². The van der Waals surface area contributed by atoms with Crippen molar-refractivity contribution in [2.45, 2.75) is 19.4 Å². The van der Waals surface area contributed by atoms with Crippen molar-refractivity contribution in [3.63, 3.8) is 0 Å². The number of aryl methyl sites for hydroxylation is 1. The van der Waals surface area contributed by atoms with E-state index in [9.17, 15) is 0 Å². The van der Waals surface area contributed by atoms with Crippen LogP contribution in [0.5, 0.6) is 0 Å². The minimum absolute atomic E-state index is 0.577. The second-order valence-corrected chi connectivity index (χ2v) is 4.72. The van der Waals surface area contributed by atoms with Crippen molar-refractivity contribution in [3.8, 4) is 0 Å². The minimum Gasteiger partial charge on any atom is -0.330 e. The molecule has 0 radical (unpaired) electrons. The van der Waals surface area contributed by atoms with E-state index in [4.69, 9.17) is 28.9 Å². The summed E-state index contributed by atoms with van der Waals surface area (Å²) in [4.78, 5) is 0. The number of rotatable bonds is 5. The van der Waals surface area contributed by atoms with Gasteiger partial charge in [0.1, 0.15) is 0 Å². The molecule has 0 aliphatic carbocycles. The lowest BCUT2D eigenvalue weighted by atomic mass is 10.1. The normalized spacial score (nSPS) is 10.8. The lowest BCUT2D eigenvalue weighted by Gasteiger charge is -2.05. The van der Waals surface area contributed by atoms with E-state index in [0.29, 0.717) is 29.6 Å². The average Bonchev–Trinajstić information content (AvgIpc) is 2.77. The highest BCUT2D eigenvalue weighted by Crippen LogP contribution is 2.22. The SMILES string of the molecule is NCCCn1nnnc1Cc1ccc(Cl)cc1Cl. The molecule has 1 aromatic heterocycles. The molecule has 5 nitrogen and oxygen atoms in total. The van der Waals surface area contributed by atoms with Crippen LogP contribution in [0.2, 0.25) is 10.0 Å². The third-order valence-corrected chi connectivity index (χ3v) is 3.13. The van der Waals surface area contributed by atoms with Gasteiger partial charge in [0.05, 0.1) is 0 Å². The van der Waals surface area contributed by atoms with Gasteiger partial charge in [-0.2, -0.15) is 0 Å². The molecular weight excluding hydrogens is 273 g/mol. The summed E-state index contributed by atoms with van der Waals surface area (Å²) in [5.41, 5.74) is 6.42. The van der Waals surface area contributed by atoms with Crippen LogP contribution in [0.25, 0.3) is 0 Å². The Hall–Kier alpha value is -1.17. The van der Waals surface area contributed by atoms with Crippen LogP contribution >= 0.6 is 23.2 Å². The molecule has 0 saturated heterocycles. The number of hydrogen-bond donors (Lipinski definition) is 1. The molecule has 2 N–H and O–H groups in total. The molecule has 0 bridgehead atoms. The van der Waals surface area contributed by atoms with Crippen molar-refractivity contribution in [3.05, 3.63) is 39.6 Å². The molecule has 0 fully saturated rings. The molecule has 1 aromatic carbocycles. The van der Waals surface area contributed by atoms with Crippen molar-refractivity contribution in [2.75, 3.05) is 6.54 Å². The zero-order chi connectivity index (χ0) is 13.0. The molecule has 0 aliphatic rings. The summed E-state index contributed by atoms with van der Waals surface area (Å²) in [6.45, 7) is 1.32. The number of nitrogens with two attached hydrogens (primary N) is 1. The van der Waals surface area contributed by atoms with Crippen LogP contribution in [-0.2, 0) is 13.0 Å². The molecule has 7 heteroatoms. The largest absolute Gasteiger partial charge is 0.330 e. The third-order valence-electron chi connectivity index (χ3n) is 2.54. The Balaban J connectivity index is 2.15. The molecule has 2 rings (SSSR count). The number of nitrogens with zero attached hydrogens (tertiary/aromatic N) is 4. The highest BCUT2D eigenvalue weighted by Gasteiger charge is 2.09. The molecule has 2 aromatic rings. The van der Waals surface area contributed by atoms with Gasteiger partial charge in [0, 0.05) is 23.0 Å².